The predicted octanol–water partition coefficient (Wildman–Crippen LogP) is 5.15. The topological polar surface area (TPSA) is 66.0 Å². The molecule has 1 fully saturated rings. The maximum Gasteiger partial charge on any atom is 0.395 e. The molecule has 1 saturated carbocycles. The summed E-state index contributed by atoms with van der Waals surface area (Å²) in [5.41, 5.74) is 3.44. The number of hydrazone groups is 1. The smallest absolute Gasteiger partial charge is 0.395 e. The summed E-state index contributed by atoms with van der Waals surface area (Å²) in [6.45, 7) is 9.46. The summed E-state index contributed by atoms with van der Waals surface area (Å²) in [5, 5.41) is 7.55. The number of ether oxygens (including phenoxy) is 1. The number of rotatable bonds is 4. The fourth-order valence-corrected chi connectivity index (χ4v) is 5.16. The van der Waals surface area contributed by atoms with E-state index in [4.69, 9.17) is 4.74 Å². The van der Waals surface area contributed by atoms with Crippen LogP contribution >= 0.6 is 0 Å². The van der Waals surface area contributed by atoms with Gasteiger partial charge in [0.05, 0.1) is 11.6 Å². The minimum absolute atomic E-state index is 0.0802. The van der Waals surface area contributed by atoms with Crippen LogP contribution in [0, 0.1) is 5.41 Å². The van der Waals surface area contributed by atoms with Crippen molar-refractivity contribution < 1.29 is 22.7 Å². The van der Waals surface area contributed by atoms with Crippen molar-refractivity contribution in [1.29, 1.82) is 0 Å². The van der Waals surface area contributed by atoms with Crippen molar-refractivity contribution in [3.63, 3.8) is 0 Å². The van der Waals surface area contributed by atoms with Crippen LogP contribution in [0.2, 0.25) is 0 Å². The standard InChI is InChI=1S/C23H31F3N4O2/c1-6-21(4)7-8-22(5,12-21)27-16-10-17-18(9-15(16)13(2)23(24,25)26)32-11-19-28-29-20(31)14(3)30(17)19/h9-10,13-14,27H,6-8,11-12H2,1-5H3,(H,29,31). The molecule has 4 rings (SSSR count). The van der Waals surface area contributed by atoms with E-state index in [1.165, 1.54) is 13.0 Å². The number of carbonyl (C=O) groups is 1. The van der Waals surface area contributed by atoms with Crippen molar-refractivity contribution in [2.24, 2.45) is 10.5 Å². The third-order valence-electron chi connectivity index (χ3n) is 7.43. The Morgan fingerprint density at radius 1 is 1.34 bits per heavy atom. The number of fused-ring (bicyclic) bond motifs is 3. The number of nitrogens with one attached hydrogen (secondary N) is 2. The zero-order valence-electron chi connectivity index (χ0n) is 19.2. The first-order chi connectivity index (χ1) is 14.9. The highest BCUT2D eigenvalue weighted by molar-refractivity contribution is 6.09. The lowest BCUT2D eigenvalue weighted by atomic mass is 9.83. The number of amidine groups is 1. The van der Waals surface area contributed by atoms with Crippen molar-refractivity contribution in [3.05, 3.63) is 17.7 Å². The second kappa shape index (κ2) is 7.56. The van der Waals surface area contributed by atoms with Crippen LogP contribution in [0.15, 0.2) is 17.2 Å². The number of anilines is 2. The first-order valence-electron chi connectivity index (χ1n) is 11.2. The summed E-state index contributed by atoms with van der Waals surface area (Å²) in [4.78, 5) is 14.0. The third-order valence-corrected chi connectivity index (χ3v) is 7.43. The van der Waals surface area contributed by atoms with E-state index >= 15 is 0 Å². The van der Waals surface area contributed by atoms with E-state index in [9.17, 15) is 18.0 Å². The fourth-order valence-electron chi connectivity index (χ4n) is 5.16. The van der Waals surface area contributed by atoms with Gasteiger partial charge in [0.15, 0.2) is 5.84 Å². The van der Waals surface area contributed by atoms with E-state index in [1.54, 1.807) is 17.9 Å². The Bertz CT molecular complexity index is 963. The second-order valence-electron chi connectivity index (χ2n) is 10.0. The Morgan fingerprint density at radius 3 is 2.69 bits per heavy atom. The van der Waals surface area contributed by atoms with E-state index in [-0.39, 0.29) is 29.0 Å². The molecule has 2 heterocycles. The van der Waals surface area contributed by atoms with E-state index < -0.39 is 18.1 Å². The zero-order valence-corrected chi connectivity index (χ0v) is 19.2. The van der Waals surface area contributed by atoms with E-state index in [2.05, 4.69) is 36.6 Å². The lowest BCUT2D eigenvalue weighted by Crippen LogP contribution is -2.55. The van der Waals surface area contributed by atoms with Crippen molar-refractivity contribution in [3.8, 4) is 5.75 Å². The summed E-state index contributed by atoms with van der Waals surface area (Å²) in [7, 11) is 0. The van der Waals surface area contributed by atoms with E-state index in [1.807, 2.05) is 0 Å². The molecule has 176 valence electrons. The summed E-state index contributed by atoms with van der Waals surface area (Å²) in [5.74, 6) is -1.08. The molecule has 0 aromatic heterocycles. The average molecular weight is 453 g/mol. The van der Waals surface area contributed by atoms with Gasteiger partial charge in [-0.2, -0.15) is 18.3 Å². The average Bonchev–Trinajstić information content (AvgIpc) is 3.04. The lowest BCUT2D eigenvalue weighted by molar-refractivity contribution is -0.146. The molecular weight excluding hydrogens is 421 g/mol. The highest BCUT2D eigenvalue weighted by Gasteiger charge is 2.44. The molecule has 1 aliphatic carbocycles. The molecular formula is C23H31F3N4O2. The van der Waals surface area contributed by atoms with Gasteiger partial charge in [-0.1, -0.05) is 20.3 Å². The predicted molar refractivity (Wildman–Crippen MR) is 118 cm³/mol. The number of alkyl halides is 3. The number of hydrogen-bond acceptors (Lipinski definition) is 5. The Balaban J connectivity index is 1.80. The molecule has 0 radical (unpaired) electrons. The number of amides is 1. The van der Waals surface area contributed by atoms with Gasteiger partial charge in [-0.05, 0) is 63.1 Å². The van der Waals surface area contributed by atoms with Crippen LogP contribution in [0.25, 0.3) is 0 Å². The number of nitrogens with zero attached hydrogens (tertiary/aromatic N) is 2. The van der Waals surface area contributed by atoms with Gasteiger partial charge >= 0.3 is 6.18 Å². The number of carbonyl (C=O) groups excluding carboxylic acids is 1. The molecule has 0 saturated heterocycles. The van der Waals surface area contributed by atoms with Crippen LogP contribution in [-0.4, -0.2) is 36.1 Å². The summed E-state index contributed by atoms with van der Waals surface area (Å²) < 4.78 is 47.1. The van der Waals surface area contributed by atoms with Crippen LogP contribution in [0.5, 0.6) is 5.75 Å². The summed E-state index contributed by atoms with van der Waals surface area (Å²) in [6.07, 6.45) is -0.600. The Hall–Kier alpha value is -2.45. The molecule has 1 amide bonds. The van der Waals surface area contributed by atoms with Crippen LogP contribution in [0.1, 0.15) is 71.8 Å². The monoisotopic (exact) mass is 452 g/mol. The SMILES string of the molecule is CCC1(C)CCC(C)(Nc2cc3c(cc2C(C)C(F)(F)F)OCC2=NNC(=O)C(C)N23)C1. The van der Waals surface area contributed by atoms with Crippen molar-refractivity contribution in [1.82, 2.24) is 5.43 Å². The Morgan fingerprint density at radius 2 is 2.06 bits per heavy atom. The molecule has 9 heteroatoms. The Labute approximate surface area is 186 Å². The minimum atomic E-state index is -4.39. The molecule has 4 unspecified atom stereocenters. The molecule has 1 aromatic carbocycles. The molecule has 1 aromatic rings. The zero-order chi connectivity index (χ0) is 23.5. The number of hydrogen-bond donors (Lipinski definition) is 2. The summed E-state index contributed by atoms with van der Waals surface area (Å²) >= 11 is 0. The van der Waals surface area contributed by atoms with Gasteiger partial charge in [-0.3, -0.25) is 4.79 Å². The van der Waals surface area contributed by atoms with Gasteiger partial charge < -0.3 is 15.0 Å². The second-order valence-corrected chi connectivity index (χ2v) is 10.0. The van der Waals surface area contributed by atoms with E-state index in [0.717, 1.165) is 25.7 Å². The molecule has 6 nitrogen and oxygen atoms in total. The molecule has 3 aliphatic rings. The molecule has 2 aliphatic heterocycles. The summed E-state index contributed by atoms with van der Waals surface area (Å²) in [6, 6.07) is 2.63. The largest absolute Gasteiger partial charge is 0.483 e. The highest BCUT2D eigenvalue weighted by atomic mass is 19.4. The van der Waals surface area contributed by atoms with Gasteiger partial charge in [0.25, 0.3) is 5.91 Å². The number of benzene rings is 1. The number of halogens is 3. The molecule has 2 N–H and O–H groups in total. The van der Waals surface area contributed by atoms with Gasteiger partial charge in [0.1, 0.15) is 18.4 Å². The third kappa shape index (κ3) is 3.90. The van der Waals surface area contributed by atoms with Gasteiger partial charge in [-0.15, -0.1) is 0 Å². The quantitative estimate of drug-likeness (QED) is 0.663. The molecule has 32 heavy (non-hydrogen) atoms. The van der Waals surface area contributed by atoms with Crippen LogP contribution in [0.3, 0.4) is 0 Å². The minimum Gasteiger partial charge on any atom is -0.483 e. The van der Waals surface area contributed by atoms with Crippen molar-refractivity contribution in [2.45, 2.75) is 84.0 Å². The van der Waals surface area contributed by atoms with Gasteiger partial charge in [0, 0.05) is 11.2 Å². The maximum atomic E-state index is 13.8. The van der Waals surface area contributed by atoms with Crippen molar-refractivity contribution in [2.75, 3.05) is 16.8 Å². The van der Waals surface area contributed by atoms with Crippen LogP contribution < -0.4 is 20.4 Å². The molecule has 0 bridgehead atoms. The highest BCUT2D eigenvalue weighted by Crippen LogP contribution is 2.50. The normalized spacial score (nSPS) is 30.6. The first kappa shape index (κ1) is 22.7. The van der Waals surface area contributed by atoms with Crippen LogP contribution in [-0.2, 0) is 4.79 Å². The fraction of sp³-hybridized carbons (Fsp3) is 0.652. The molecule has 0 spiro atoms. The molecule has 4 atom stereocenters. The maximum absolute atomic E-state index is 13.8. The van der Waals surface area contributed by atoms with E-state index in [0.29, 0.717) is 23.0 Å². The van der Waals surface area contributed by atoms with Gasteiger partial charge in [0.2, 0.25) is 0 Å². The van der Waals surface area contributed by atoms with Gasteiger partial charge in [-0.25, -0.2) is 5.43 Å². The first-order valence-corrected chi connectivity index (χ1v) is 11.2. The Kier molecular flexibility index (Phi) is 5.37. The lowest BCUT2D eigenvalue weighted by Gasteiger charge is -2.39. The van der Waals surface area contributed by atoms with Crippen molar-refractivity contribution >= 4 is 23.1 Å². The van der Waals surface area contributed by atoms with Crippen LogP contribution in [0.4, 0.5) is 24.5 Å².